The van der Waals surface area contributed by atoms with Crippen LogP contribution in [0.3, 0.4) is 0 Å². The Morgan fingerprint density at radius 1 is 1.08 bits per heavy atom. The number of thiazole rings is 1. The van der Waals surface area contributed by atoms with Gasteiger partial charge in [-0.15, -0.1) is 11.3 Å². The number of pyridine rings is 1. The van der Waals surface area contributed by atoms with E-state index in [-0.39, 0.29) is 27.2 Å². The molecular weight excluding hydrogens is 515 g/mol. The predicted octanol–water partition coefficient (Wildman–Crippen LogP) is 5.21. The molecule has 0 atom stereocenters. The van der Waals surface area contributed by atoms with Crippen LogP contribution in [0.15, 0.2) is 83.5 Å². The number of hydrogen-bond acceptors (Lipinski definition) is 8. The number of rotatable bonds is 7. The second-order valence-corrected chi connectivity index (χ2v) is 10.3. The summed E-state index contributed by atoms with van der Waals surface area (Å²) in [5, 5.41) is 15.8. The van der Waals surface area contributed by atoms with E-state index in [1.807, 2.05) is 6.07 Å². The first kappa shape index (κ1) is 24.1. The van der Waals surface area contributed by atoms with Crippen molar-refractivity contribution in [2.75, 3.05) is 4.72 Å². The highest BCUT2D eigenvalue weighted by Gasteiger charge is 2.20. The third-order valence-electron chi connectivity index (χ3n) is 5.34. The van der Waals surface area contributed by atoms with Crippen molar-refractivity contribution in [3.05, 3.63) is 89.9 Å². The molecule has 0 saturated heterocycles. The van der Waals surface area contributed by atoms with Crippen LogP contribution >= 0.6 is 11.3 Å². The SMILES string of the molecule is Cn1nccc1-c1cc(-c2cccc(F)c2)ncc1Oc1ccc(S(=O)(=O)Nc2nccs2)cc1C#N. The number of halogens is 1. The summed E-state index contributed by atoms with van der Waals surface area (Å²) in [6, 6.07) is 15.5. The highest BCUT2D eigenvalue weighted by molar-refractivity contribution is 7.93. The summed E-state index contributed by atoms with van der Waals surface area (Å²) in [6.07, 6.45) is 4.57. The Hall–Kier alpha value is -4.60. The molecule has 12 heteroatoms. The first-order valence-corrected chi connectivity index (χ1v) is 13.1. The molecular formula is C25H17FN6O3S2. The van der Waals surface area contributed by atoms with Crippen molar-refractivity contribution >= 4 is 26.5 Å². The Labute approximate surface area is 215 Å². The Balaban J connectivity index is 1.53. The lowest BCUT2D eigenvalue weighted by Crippen LogP contribution is -2.13. The molecule has 2 aromatic carbocycles. The normalized spacial score (nSPS) is 11.2. The van der Waals surface area contributed by atoms with E-state index in [1.54, 1.807) is 47.6 Å². The van der Waals surface area contributed by atoms with Crippen LogP contribution in [0, 0.1) is 17.1 Å². The maximum atomic E-state index is 13.8. The average molecular weight is 533 g/mol. The number of nitrogens with zero attached hydrogens (tertiary/aromatic N) is 5. The first-order valence-electron chi connectivity index (χ1n) is 10.7. The van der Waals surface area contributed by atoms with Crippen LogP contribution < -0.4 is 9.46 Å². The molecule has 37 heavy (non-hydrogen) atoms. The molecule has 5 rings (SSSR count). The number of aromatic nitrogens is 4. The van der Waals surface area contributed by atoms with E-state index < -0.39 is 10.0 Å². The van der Waals surface area contributed by atoms with Crippen LogP contribution in [0.1, 0.15) is 5.56 Å². The van der Waals surface area contributed by atoms with Gasteiger partial charge in [-0.1, -0.05) is 12.1 Å². The molecule has 0 bridgehead atoms. The minimum absolute atomic E-state index is 0.00665. The molecule has 0 aliphatic rings. The zero-order valence-electron chi connectivity index (χ0n) is 19.2. The van der Waals surface area contributed by atoms with Crippen molar-refractivity contribution in [1.29, 1.82) is 5.26 Å². The van der Waals surface area contributed by atoms with Gasteiger partial charge in [-0.05, 0) is 42.5 Å². The van der Waals surface area contributed by atoms with Crippen LogP contribution in [0.25, 0.3) is 22.5 Å². The molecule has 9 nitrogen and oxygen atoms in total. The van der Waals surface area contributed by atoms with Gasteiger partial charge in [0.05, 0.1) is 28.0 Å². The smallest absolute Gasteiger partial charge is 0.263 e. The number of aryl methyl sites for hydroxylation is 1. The van der Waals surface area contributed by atoms with Gasteiger partial charge in [0.15, 0.2) is 10.9 Å². The van der Waals surface area contributed by atoms with Crippen molar-refractivity contribution in [3.63, 3.8) is 0 Å². The molecule has 1 N–H and O–H groups in total. The second-order valence-electron chi connectivity index (χ2n) is 7.73. The minimum atomic E-state index is -3.96. The molecule has 0 radical (unpaired) electrons. The van der Waals surface area contributed by atoms with Crippen molar-refractivity contribution in [3.8, 4) is 40.1 Å². The van der Waals surface area contributed by atoms with E-state index in [9.17, 15) is 18.1 Å². The number of ether oxygens (including phenoxy) is 1. The predicted molar refractivity (Wildman–Crippen MR) is 136 cm³/mol. The molecule has 3 heterocycles. The van der Waals surface area contributed by atoms with Crippen molar-refractivity contribution < 1.29 is 17.5 Å². The number of nitrogens with one attached hydrogen (secondary N) is 1. The molecule has 3 aromatic heterocycles. The summed E-state index contributed by atoms with van der Waals surface area (Å²) in [6.45, 7) is 0. The number of nitriles is 1. The number of sulfonamides is 1. The number of hydrogen-bond donors (Lipinski definition) is 1. The van der Waals surface area contributed by atoms with Gasteiger partial charge in [0.2, 0.25) is 0 Å². The second kappa shape index (κ2) is 9.81. The zero-order chi connectivity index (χ0) is 26.0. The first-order chi connectivity index (χ1) is 17.8. The monoisotopic (exact) mass is 532 g/mol. The molecule has 0 fully saturated rings. The highest BCUT2D eigenvalue weighted by atomic mass is 32.2. The third-order valence-corrected chi connectivity index (χ3v) is 7.49. The number of benzene rings is 2. The fraction of sp³-hybridized carbons (Fsp3) is 0.0400. The Morgan fingerprint density at radius 2 is 1.95 bits per heavy atom. The summed E-state index contributed by atoms with van der Waals surface area (Å²) < 4.78 is 49.4. The summed E-state index contributed by atoms with van der Waals surface area (Å²) >= 11 is 1.14. The van der Waals surface area contributed by atoms with Crippen molar-refractivity contribution in [2.45, 2.75) is 4.90 Å². The summed E-state index contributed by atoms with van der Waals surface area (Å²) in [4.78, 5) is 8.23. The third kappa shape index (κ3) is 5.04. The summed E-state index contributed by atoms with van der Waals surface area (Å²) in [5.41, 5.74) is 2.39. The maximum absolute atomic E-state index is 13.8. The maximum Gasteiger partial charge on any atom is 0.263 e. The Bertz CT molecular complexity index is 1740. The fourth-order valence-corrected chi connectivity index (χ4v) is 5.40. The lowest BCUT2D eigenvalue weighted by Gasteiger charge is -2.14. The Morgan fingerprint density at radius 3 is 2.65 bits per heavy atom. The van der Waals surface area contributed by atoms with Gasteiger partial charge in [0, 0.05) is 35.9 Å². The highest BCUT2D eigenvalue weighted by Crippen LogP contribution is 2.37. The van der Waals surface area contributed by atoms with E-state index in [0.717, 1.165) is 11.3 Å². The topological polar surface area (TPSA) is 123 Å². The van der Waals surface area contributed by atoms with Crippen LogP contribution in [0.4, 0.5) is 9.52 Å². The lowest BCUT2D eigenvalue weighted by molar-refractivity contribution is 0.479. The van der Waals surface area contributed by atoms with Gasteiger partial charge in [-0.3, -0.25) is 14.4 Å². The molecule has 0 unspecified atom stereocenters. The van der Waals surface area contributed by atoms with Crippen molar-refractivity contribution in [1.82, 2.24) is 19.7 Å². The number of anilines is 1. The van der Waals surface area contributed by atoms with Crippen LogP contribution in [-0.4, -0.2) is 28.2 Å². The van der Waals surface area contributed by atoms with Gasteiger partial charge in [0.1, 0.15) is 17.6 Å². The summed E-state index contributed by atoms with van der Waals surface area (Å²) in [7, 11) is -2.20. The van der Waals surface area contributed by atoms with E-state index in [0.29, 0.717) is 28.3 Å². The largest absolute Gasteiger partial charge is 0.454 e. The standard InChI is InChI=1S/C25H17FN6O3S2/c1-32-22(7-8-30-32)20-13-21(16-3-2-4-18(26)11-16)29-15-24(20)35-23-6-5-19(12-17(23)14-27)37(33,34)31-25-28-9-10-36-25/h2-13,15H,1H3,(H,28,31). The van der Waals surface area contributed by atoms with Crippen LogP contribution in [0.5, 0.6) is 11.5 Å². The molecule has 184 valence electrons. The summed E-state index contributed by atoms with van der Waals surface area (Å²) in [5.74, 6) is 0.0518. The van der Waals surface area contributed by atoms with Crippen LogP contribution in [0.2, 0.25) is 0 Å². The van der Waals surface area contributed by atoms with E-state index in [2.05, 4.69) is 19.8 Å². The fourth-order valence-electron chi connectivity index (χ4n) is 3.59. The van der Waals surface area contributed by atoms with E-state index in [1.165, 1.54) is 42.7 Å². The van der Waals surface area contributed by atoms with Gasteiger partial charge in [-0.25, -0.2) is 17.8 Å². The van der Waals surface area contributed by atoms with Gasteiger partial charge >= 0.3 is 0 Å². The molecule has 0 amide bonds. The lowest BCUT2D eigenvalue weighted by atomic mass is 10.1. The zero-order valence-corrected chi connectivity index (χ0v) is 20.8. The molecule has 0 saturated carbocycles. The average Bonchev–Trinajstić information content (AvgIpc) is 3.55. The van der Waals surface area contributed by atoms with Crippen LogP contribution in [-0.2, 0) is 17.1 Å². The van der Waals surface area contributed by atoms with Crippen molar-refractivity contribution in [2.24, 2.45) is 7.05 Å². The quantitative estimate of drug-likeness (QED) is 0.305. The molecule has 5 aromatic rings. The molecule has 0 aliphatic carbocycles. The van der Waals surface area contributed by atoms with E-state index in [4.69, 9.17) is 4.74 Å². The molecule has 0 aliphatic heterocycles. The van der Waals surface area contributed by atoms with Gasteiger partial charge in [0.25, 0.3) is 10.0 Å². The van der Waals surface area contributed by atoms with Gasteiger partial charge < -0.3 is 4.74 Å². The van der Waals surface area contributed by atoms with Gasteiger partial charge in [-0.2, -0.15) is 10.4 Å². The molecule has 0 spiro atoms. The Kier molecular flexibility index (Phi) is 6.39. The van der Waals surface area contributed by atoms with E-state index >= 15 is 0 Å². The minimum Gasteiger partial charge on any atom is -0.454 e.